The van der Waals surface area contributed by atoms with Crippen LogP contribution < -0.4 is 0 Å². The summed E-state index contributed by atoms with van der Waals surface area (Å²) in [5, 5.41) is 1.05. The minimum absolute atomic E-state index is 0.426. The highest BCUT2D eigenvalue weighted by Gasteiger charge is 2.03. The van der Waals surface area contributed by atoms with E-state index in [1.165, 1.54) is 0 Å². The zero-order valence-corrected chi connectivity index (χ0v) is 7.66. The minimum atomic E-state index is 0.426. The summed E-state index contributed by atoms with van der Waals surface area (Å²) in [4.78, 5) is 10.7. The maximum Gasteiger partial charge on any atom is 0.218 e. The molecule has 0 spiro atoms. The fraction of sp³-hybridized carbons (Fsp3) is 0.100. The Kier molecular flexibility index (Phi) is 2.07. The molecule has 0 aliphatic rings. The maximum absolute atomic E-state index is 10.7. The molecule has 0 unspecified atom stereocenters. The molecule has 2 aromatic rings. The molecule has 2 nitrogen and oxygen atoms in total. The van der Waals surface area contributed by atoms with Crippen molar-refractivity contribution in [2.24, 2.45) is 0 Å². The Balaban J connectivity index is 2.83. The maximum atomic E-state index is 10.7. The van der Waals surface area contributed by atoms with Crippen LogP contribution in [0.25, 0.3) is 10.9 Å². The lowest BCUT2D eigenvalue weighted by atomic mass is 10.2. The SMILES string of the molecule is O=Cn1ccc2cccc(CCl)c21. The van der Waals surface area contributed by atoms with E-state index in [0.717, 1.165) is 22.9 Å². The smallest absolute Gasteiger partial charge is 0.218 e. The molecule has 0 saturated carbocycles. The number of benzene rings is 1. The molecule has 1 aromatic carbocycles. The van der Waals surface area contributed by atoms with Gasteiger partial charge in [0.1, 0.15) is 0 Å². The number of aromatic nitrogens is 1. The first kappa shape index (κ1) is 8.32. The standard InChI is InChI=1S/C10H8ClNO/c11-6-9-3-1-2-8-4-5-12(7-13)10(8)9/h1-5,7H,6H2. The Morgan fingerprint density at radius 1 is 1.38 bits per heavy atom. The Bertz CT molecular complexity index is 447. The second-order valence-corrected chi connectivity index (χ2v) is 3.08. The van der Waals surface area contributed by atoms with Crippen LogP contribution in [-0.4, -0.2) is 11.0 Å². The number of hydrogen-bond donors (Lipinski definition) is 0. The molecule has 0 radical (unpaired) electrons. The molecule has 0 bridgehead atoms. The molecule has 0 aliphatic carbocycles. The topological polar surface area (TPSA) is 22.0 Å². The van der Waals surface area contributed by atoms with Crippen molar-refractivity contribution >= 4 is 28.9 Å². The van der Waals surface area contributed by atoms with Crippen LogP contribution in [0.4, 0.5) is 0 Å². The molecule has 0 N–H and O–H groups in total. The summed E-state index contributed by atoms with van der Waals surface area (Å²) in [5.74, 6) is 0.426. The van der Waals surface area contributed by atoms with E-state index in [1.54, 1.807) is 10.8 Å². The quantitative estimate of drug-likeness (QED) is 0.530. The molecule has 0 fully saturated rings. The van der Waals surface area contributed by atoms with Gasteiger partial charge in [-0.3, -0.25) is 9.36 Å². The van der Waals surface area contributed by atoms with E-state index in [0.29, 0.717) is 5.88 Å². The molecular weight excluding hydrogens is 186 g/mol. The van der Waals surface area contributed by atoms with Crippen molar-refractivity contribution in [1.29, 1.82) is 0 Å². The van der Waals surface area contributed by atoms with Gasteiger partial charge in [0.15, 0.2) is 0 Å². The third-order valence-electron chi connectivity index (χ3n) is 2.08. The Morgan fingerprint density at radius 2 is 2.23 bits per heavy atom. The van der Waals surface area contributed by atoms with E-state index >= 15 is 0 Å². The number of nitrogens with zero attached hydrogens (tertiary/aromatic N) is 1. The van der Waals surface area contributed by atoms with Crippen molar-refractivity contribution < 1.29 is 4.79 Å². The van der Waals surface area contributed by atoms with Gasteiger partial charge in [-0.2, -0.15) is 0 Å². The predicted molar refractivity (Wildman–Crippen MR) is 53.6 cm³/mol. The van der Waals surface area contributed by atoms with Gasteiger partial charge in [0.2, 0.25) is 6.41 Å². The number of carbonyl (C=O) groups excluding carboxylic acids is 1. The zero-order valence-electron chi connectivity index (χ0n) is 6.90. The molecule has 0 atom stereocenters. The lowest BCUT2D eigenvalue weighted by Gasteiger charge is -2.00. The largest absolute Gasteiger partial charge is 0.289 e. The highest BCUT2D eigenvalue weighted by atomic mass is 35.5. The lowest BCUT2D eigenvalue weighted by molar-refractivity contribution is 0.549. The summed E-state index contributed by atoms with van der Waals surface area (Å²) >= 11 is 5.76. The molecule has 2 rings (SSSR count). The van der Waals surface area contributed by atoms with E-state index < -0.39 is 0 Å². The first-order chi connectivity index (χ1) is 6.36. The van der Waals surface area contributed by atoms with Gasteiger partial charge in [-0.15, -0.1) is 11.6 Å². The van der Waals surface area contributed by atoms with Crippen molar-refractivity contribution in [1.82, 2.24) is 4.57 Å². The number of alkyl halides is 1. The molecule has 0 aliphatic heterocycles. The van der Waals surface area contributed by atoms with Crippen LogP contribution in [0.2, 0.25) is 0 Å². The normalized spacial score (nSPS) is 10.5. The average Bonchev–Trinajstić information content (AvgIpc) is 2.60. The highest BCUT2D eigenvalue weighted by molar-refractivity contribution is 6.18. The Hall–Kier alpha value is -1.28. The molecule has 3 heteroatoms. The molecule has 0 amide bonds. The average molecular weight is 194 g/mol. The van der Waals surface area contributed by atoms with Crippen LogP contribution in [0, 0.1) is 0 Å². The second-order valence-electron chi connectivity index (χ2n) is 2.82. The molecule has 66 valence electrons. The van der Waals surface area contributed by atoms with E-state index in [4.69, 9.17) is 11.6 Å². The predicted octanol–water partition coefficient (Wildman–Crippen LogP) is 2.42. The van der Waals surface area contributed by atoms with Crippen LogP contribution in [-0.2, 0) is 10.7 Å². The van der Waals surface area contributed by atoms with E-state index in [9.17, 15) is 4.79 Å². The van der Waals surface area contributed by atoms with Crippen molar-refractivity contribution in [3.8, 4) is 0 Å². The van der Waals surface area contributed by atoms with Crippen molar-refractivity contribution in [2.45, 2.75) is 5.88 Å². The summed E-state index contributed by atoms with van der Waals surface area (Å²) in [6.45, 7) is 0. The third kappa shape index (κ3) is 1.23. The van der Waals surface area contributed by atoms with Gasteiger partial charge < -0.3 is 0 Å². The van der Waals surface area contributed by atoms with Gasteiger partial charge in [0.05, 0.1) is 5.52 Å². The first-order valence-corrected chi connectivity index (χ1v) is 4.50. The number of rotatable bonds is 2. The number of hydrogen-bond acceptors (Lipinski definition) is 1. The Morgan fingerprint density at radius 3 is 2.92 bits per heavy atom. The second kappa shape index (κ2) is 3.23. The number of carbonyl (C=O) groups is 1. The van der Waals surface area contributed by atoms with Gasteiger partial charge >= 0.3 is 0 Å². The first-order valence-electron chi connectivity index (χ1n) is 3.96. The van der Waals surface area contributed by atoms with Gasteiger partial charge in [0, 0.05) is 17.5 Å². The van der Waals surface area contributed by atoms with Gasteiger partial charge in [-0.05, 0) is 11.6 Å². The summed E-state index contributed by atoms with van der Waals surface area (Å²) < 4.78 is 1.55. The third-order valence-corrected chi connectivity index (χ3v) is 2.37. The summed E-state index contributed by atoms with van der Waals surface area (Å²) in [6.07, 6.45) is 2.53. The van der Waals surface area contributed by atoms with Crippen LogP contribution in [0.1, 0.15) is 5.56 Å². The number of fused-ring (bicyclic) bond motifs is 1. The van der Waals surface area contributed by atoms with Crippen molar-refractivity contribution in [3.05, 3.63) is 36.0 Å². The van der Waals surface area contributed by atoms with Crippen molar-refractivity contribution in [2.75, 3.05) is 0 Å². The van der Waals surface area contributed by atoms with Crippen LogP contribution in [0.5, 0.6) is 0 Å². The Labute approximate surface area is 80.7 Å². The number of para-hydroxylation sites is 1. The molecule has 0 saturated heterocycles. The van der Waals surface area contributed by atoms with Gasteiger partial charge in [-0.1, -0.05) is 18.2 Å². The van der Waals surface area contributed by atoms with Gasteiger partial charge in [0.25, 0.3) is 0 Å². The molecule has 1 heterocycles. The van der Waals surface area contributed by atoms with E-state index in [-0.39, 0.29) is 0 Å². The fourth-order valence-electron chi connectivity index (χ4n) is 1.49. The van der Waals surface area contributed by atoms with E-state index in [2.05, 4.69) is 0 Å². The highest BCUT2D eigenvalue weighted by Crippen LogP contribution is 2.20. The van der Waals surface area contributed by atoms with Crippen LogP contribution in [0.3, 0.4) is 0 Å². The van der Waals surface area contributed by atoms with Crippen molar-refractivity contribution in [3.63, 3.8) is 0 Å². The van der Waals surface area contributed by atoms with Crippen LogP contribution >= 0.6 is 11.6 Å². The zero-order chi connectivity index (χ0) is 9.26. The fourth-order valence-corrected chi connectivity index (χ4v) is 1.71. The summed E-state index contributed by atoms with van der Waals surface area (Å²) in [5.41, 5.74) is 1.89. The minimum Gasteiger partial charge on any atom is -0.289 e. The summed E-state index contributed by atoms with van der Waals surface area (Å²) in [7, 11) is 0. The number of halogens is 1. The molecule has 1 aromatic heterocycles. The van der Waals surface area contributed by atoms with Crippen LogP contribution in [0.15, 0.2) is 30.5 Å². The molecular formula is C10H8ClNO. The molecule has 13 heavy (non-hydrogen) atoms. The monoisotopic (exact) mass is 193 g/mol. The van der Waals surface area contributed by atoms with E-state index in [1.807, 2.05) is 24.3 Å². The van der Waals surface area contributed by atoms with Gasteiger partial charge in [-0.25, -0.2) is 0 Å². The lowest BCUT2D eigenvalue weighted by Crippen LogP contribution is -1.94. The summed E-state index contributed by atoms with van der Waals surface area (Å²) in [6, 6.07) is 7.73.